The molecule has 6 heteroatoms. The van der Waals surface area contributed by atoms with Gasteiger partial charge >= 0.3 is 0 Å². The molecule has 0 bridgehead atoms. The van der Waals surface area contributed by atoms with Crippen LogP contribution >= 0.6 is 0 Å². The average Bonchev–Trinajstić information content (AvgIpc) is 3.03. The van der Waals surface area contributed by atoms with Gasteiger partial charge in [0.15, 0.2) is 0 Å². The summed E-state index contributed by atoms with van der Waals surface area (Å²) in [6, 6.07) is 0.728. The number of hydrogen-bond acceptors (Lipinski definition) is 4. The Labute approximate surface area is 101 Å². The second kappa shape index (κ2) is 5.77. The van der Waals surface area contributed by atoms with E-state index in [2.05, 4.69) is 25.8 Å². The highest BCUT2D eigenvalue weighted by molar-refractivity contribution is 5.90. The standard InChI is InChI=1S/C11H19N5O/c1-2-9-14-10(16-15-9)11(17)13-7-3-6-12-8-4-5-8/h8,12H,2-7H2,1H3,(H,13,17)(H,14,15,16). The topological polar surface area (TPSA) is 82.7 Å². The van der Waals surface area contributed by atoms with Gasteiger partial charge in [-0.3, -0.25) is 9.89 Å². The van der Waals surface area contributed by atoms with Crippen LogP contribution in [-0.2, 0) is 6.42 Å². The van der Waals surface area contributed by atoms with Crippen LogP contribution in [0.5, 0.6) is 0 Å². The molecule has 3 N–H and O–H groups in total. The van der Waals surface area contributed by atoms with Crippen LogP contribution in [-0.4, -0.2) is 40.2 Å². The minimum absolute atomic E-state index is 0.202. The van der Waals surface area contributed by atoms with Crippen LogP contribution in [0.25, 0.3) is 0 Å². The Bertz CT molecular complexity index is 372. The lowest BCUT2D eigenvalue weighted by molar-refractivity contribution is 0.0943. The molecule has 17 heavy (non-hydrogen) atoms. The summed E-state index contributed by atoms with van der Waals surface area (Å²) < 4.78 is 0. The maximum Gasteiger partial charge on any atom is 0.290 e. The molecular weight excluding hydrogens is 218 g/mol. The van der Waals surface area contributed by atoms with E-state index in [0.717, 1.165) is 31.3 Å². The van der Waals surface area contributed by atoms with Crippen LogP contribution in [0.2, 0.25) is 0 Å². The van der Waals surface area contributed by atoms with Crippen LogP contribution in [0.15, 0.2) is 0 Å². The first-order chi connectivity index (χ1) is 8.29. The highest BCUT2D eigenvalue weighted by atomic mass is 16.2. The summed E-state index contributed by atoms with van der Waals surface area (Å²) in [6.07, 6.45) is 4.28. The third kappa shape index (κ3) is 3.81. The number of H-pyrrole nitrogens is 1. The first-order valence-electron chi connectivity index (χ1n) is 6.22. The molecular formula is C11H19N5O. The molecule has 1 aliphatic carbocycles. The molecule has 0 unspecified atom stereocenters. The van der Waals surface area contributed by atoms with Crippen molar-refractivity contribution in [3.8, 4) is 0 Å². The minimum Gasteiger partial charge on any atom is -0.349 e. The van der Waals surface area contributed by atoms with Gasteiger partial charge in [-0.1, -0.05) is 6.92 Å². The average molecular weight is 237 g/mol. The molecule has 0 spiro atoms. The van der Waals surface area contributed by atoms with Crippen LogP contribution in [0.3, 0.4) is 0 Å². The number of carbonyl (C=O) groups excluding carboxylic acids is 1. The summed E-state index contributed by atoms with van der Waals surface area (Å²) >= 11 is 0. The number of carbonyl (C=O) groups is 1. The van der Waals surface area contributed by atoms with Crippen molar-refractivity contribution in [2.75, 3.05) is 13.1 Å². The Morgan fingerprint density at radius 2 is 2.29 bits per heavy atom. The monoisotopic (exact) mass is 237 g/mol. The molecule has 0 atom stereocenters. The molecule has 94 valence electrons. The van der Waals surface area contributed by atoms with Crippen molar-refractivity contribution < 1.29 is 4.79 Å². The summed E-state index contributed by atoms with van der Waals surface area (Å²) in [5, 5.41) is 12.8. The van der Waals surface area contributed by atoms with Crippen LogP contribution < -0.4 is 10.6 Å². The smallest absolute Gasteiger partial charge is 0.290 e. The summed E-state index contributed by atoms with van der Waals surface area (Å²) in [4.78, 5) is 15.7. The predicted molar refractivity (Wildman–Crippen MR) is 63.7 cm³/mol. The zero-order valence-electron chi connectivity index (χ0n) is 10.1. The maximum absolute atomic E-state index is 11.6. The maximum atomic E-state index is 11.6. The zero-order chi connectivity index (χ0) is 12.1. The first kappa shape index (κ1) is 12.0. The van der Waals surface area contributed by atoms with Gasteiger partial charge in [-0.25, -0.2) is 4.98 Å². The van der Waals surface area contributed by atoms with E-state index in [1.807, 2.05) is 6.92 Å². The van der Waals surface area contributed by atoms with Crippen LogP contribution in [0.4, 0.5) is 0 Å². The summed E-state index contributed by atoms with van der Waals surface area (Å²) in [6.45, 7) is 3.58. The normalized spacial score (nSPS) is 14.9. The highest BCUT2D eigenvalue weighted by Crippen LogP contribution is 2.18. The van der Waals surface area contributed by atoms with Crippen molar-refractivity contribution in [3.05, 3.63) is 11.6 Å². The number of nitrogens with one attached hydrogen (secondary N) is 3. The summed E-state index contributed by atoms with van der Waals surface area (Å²) in [7, 11) is 0. The molecule has 0 aliphatic heterocycles. The quantitative estimate of drug-likeness (QED) is 0.593. The SMILES string of the molecule is CCc1nc(C(=O)NCCCNC2CC2)n[nH]1. The van der Waals surface area contributed by atoms with Crippen LogP contribution in [0, 0.1) is 0 Å². The molecule has 1 aliphatic rings. The number of aromatic amines is 1. The molecule has 1 aromatic heterocycles. The van der Waals surface area contributed by atoms with Gasteiger partial charge in [-0.05, 0) is 25.8 Å². The Hall–Kier alpha value is -1.43. The Balaban J connectivity index is 1.62. The number of amides is 1. The summed E-state index contributed by atoms with van der Waals surface area (Å²) in [5.41, 5.74) is 0. The molecule has 0 saturated heterocycles. The Morgan fingerprint density at radius 1 is 1.47 bits per heavy atom. The molecule has 1 saturated carbocycles. The van der Waals surface area contributed by atoms with E-state index in [1.165, 1.54) is 12.8 Å². The van der Waals surface area contributed by atoms with E-state index in [9.17, 15) is 4.79 Å². The van der Waals surface area contributed by atoms with Gasteiger partial charge < -0.3 is 10.6 Å². The second-order valence-corrected chi connectivity index (χ2v) is 4.30. The lowest BCUT2D eigenvalue weighted by Gasteiger charge is -2.03. The van der Waals surface area contributed by atoms with Gasteiger partial charge in [0.05, 0.1) is 0 Å². The number of hydrogen-bond donors (Lipinski definition) is 3. The van der Waals surface area contributed by atoms with Crippen molar-refractivity contribution in [3.63, 3.8) is 0 Å². The van der Waals surface area contributed by atoms with Crippen molar-refractivity contribution >= 4 is 5.91 Å². The van der Waals surface area contributed by atoms with Gasteiger partial charge in [-0.2, -0.15) is 0 Å². The Kier molecular flexibility index (Phi) is 4.08. The fraction of sp³-hybridized carbons (Fsp3) is 0.727. The van der Waals surface area contributed by atoms with Crippen molar-refractivity contribution in [1.29, 1.82) is 0 Å². The predicted octanol–water partition coefficient (Wildman–Crippen LogP) is 0.239. The largest absolute Gasteiger partial charge is 0.349 e. The van der Waals surface area contributed by atoms with Crippen molar-refractivity contribution in [2.24, 2.45) is 0 Å². The van der Waals surface area contributed by atoms with E-state index in [0.29, 0.717) is 6.54 Å². The molecule has 0 radical (unpaired) electrons. The molecule has 1 fully saturated rings. The van der Waals surface area contributed by atoms with Crippen LogP contribution in [0.1, 0.15) is 42.6 Å². The lowest BCUT2D eigenvalue weighted by Crippen LogP contribution is -2.28. The van der Waals surface area contributed by atoms with E-state index in [-0.39, 0.29) is 11.7 Å². The Morgan fingerprint density at radius 3 is 2.94 bits per heavy atom. The third-order valence-electron chi connectivity index (χ3n) is 2.72. The van der Waals surface area contributed by atoms with Crippen molar-refractivity contribution in [2.45, 2.75) is 38.6 Å². The first-order valence-corrected chi connectivity index (χ1v) is 6.22. The van der Waals surface area contributed by atoms with Gasteiger partial charge in [0.2, 0.25) is 5.82 Å². The molecule has 1 aromatic rings. The molecule has 1 heterocycles. The fourth-order valence-corrected chi connectivity index (χ4v) is 1.52. The fourth-order valence-electron chi connectivity index (χ4n) is 1.52. The van der Waals surface area contributed by atoms with E-state index < -0.39 is 0 Å². The number of aryl methyl sites for hydroxylation is 1. The minimum atomic E-state index is -0.202. The third-order valence-corrected chi connectivity index (χ3v) is 2.72. The molecule has 2 rings (SSSR count). The molecule has 1 amide bonds. The molecule has 6 nitrogen and oxygen atoms in total. The number of aromatic nitrogens is 3. The second-order valence-electron chi connectivity index (χ2n) is 4.30. The zero-order valence-corrected chi connectivity index (χ0v) is 10.1. The van der Waals surface area contributed by atoms with Gasteiger partial charge in [0.1, 0.15) is 5.82 Å². The molecule has 0 aromatic carbocycles. The van der Waals surface area contributed by atoms with Gasteiger partial charge in [0, 0.05) is 19.0 Å². The van der Waals surface area contributed by atoms with E-state index in [4.69, 9.17) is 0 Å². The number of nitrogens with zero attached hydrogens (tertiary/aromatic N) is 2. The van der Waals surface area contributed by atoms with Gasteiger partial charge in [-0.15, -0.1) is 5.10 Å². The number of rotatable bonds is 7. The highest BCUT2D eigenvalue weighted by Gasteiger charge is 2.19. The van der Waals surface area contributed by atoms with Crippen molar-refractivity contribution in [1.82, 2.24) is 25.8 Å². The summed E-state index contributed by atoms with van der Waals surface area (Å²) in [5.74, 6) is 0.773. The van der Waals surface area contributed by atoms with E-state index >= 15 is 0 Å². The van der Waals surface area contributed by atoms with E-state index in [1.54, 1.807) is 0 Å². The lowest BCUT2D eigenvalue weighted by atomic mass is 10.4. The van der Waals surface area contributed by atoms with Gasteiger partial charge in [0.25, 0.3) is 5.91 Å².